The Morgan fingerprint density at radius 3 is 3.18 bits per heavy atom. The van der Waals surface area contributed by atoms with E-state index in [2.05, 4.69) is 25.0 Å². The van der Waals surface area contributed by atoms with Gasteiger partial charge in [0.05, 0.1) is 19.7 Å². The maximum atomic E-state index is 4.95. The van der Waals surface area contributed by atoms with Crippen molar-refractivity contribution in [3.63, 3.8) is 0 Å². The number of nitrogens with one attached hydrogen (secondary N) is 1. The standard InChI is InChI=1S/C10H15N5O2/c1-16-5-3-11-6-10-12-2-4-15(10)7-9-13-8-17-14-9/h2,4,8,11H,3,5-7H2,1H3. The van der Waals surface area contributed by atoms with Crippen LogP contribution in [0.3, 0.4) is 0 Å². The van der Waals surface area contributed by atoms with Crippen LogP contribution in [-0.4, -0.2) is 40.0 Å². The predicted octanol–water partition coefficient (Wildman–Crippen LogP) is 0.0504. The second-order valence-electron chi connectivity index (χ2n) is 3.49. The topological polar surface area (TPSA) is 78.0 Å². The zero-order chi connectivity index (χ0) is 11.9. The van der Waals surface area contributed by atoms with Gasteiger partial charge in [-0.15, -0.1) is 0 Å². The summed E-state index contributed by atoms with van der Waals surface area (Å²) in [6, 6.07) is 0. The third-order valence-electron chi connectivity index (χ3n) is 2.29. The van der Waals surface area contributed by atoms with Crippen molar-refractivity contribution in [2.24, 2.45) is 0 Å². The van der Waals surface area contributed by atoms with E-state index in [1.807, 2.05) is 10.8 Å². The Balaban J connectivity index is 1.88. The summed E-state index contributed by atoms with van der Waals surface area (Å²) in [5.74, 6) is 1.58. The van der Waals surface area contributed by atoms with E-state index in [1.54, 1.807) is 13.3 Å². The highest BCUT2D eigenvalue weighted by Gasteiger charge is 2.05. The fourth-order valence-corrected chi connectivity index (χ4v) is 1.44. The number of ether oxygens (including phenoxy) is 1. The average molecular weight is 237 g/mol. The van der Waals surface area contributed by atoms with E-state index in [0.29, 0.717) is 25.5 Å². The van der Waals surface area contributed by atoms with Crippen molar-refractivity contribution in [3.8, 4) is 0 Å². The third-order valence-corrected chi connectivity index (χ3v) is 2.29. The van der Waals surface area contributed by atoms with Gasteiger partial charge in [-0.25, -0.2) is 4.98 Å². The molecule has 7 nitrogen and oxygen atoms in total. The summed E-state index contributed by atoms with van der Waals surface area (Å²) in [5.41, 5.74) is 0. The van der Waals surface area contributed by atoms with Crippen molar-refractivity contribution in [1.82, 2.24) is 25.0 Å². The van der Waals surface area contributed by atoms with Crippen molar-refractivity contribution >= 4 is 0 Å². The second-order valence-corrected chi connectivity index (χ2v) is 3.49. The average Bonchev–Trinajstić information content (AvgIpc) is 2.97. The number of nitrogens with zero attached hydrogens (tertiary/aromatic N) is 4. The van der Waals surface area contributed by atoms with Crippen LogP contribution in [0.5, 0.6) is 0 Å². The van der Waals surface area contributed by atoms with Gasteiger partial charge in [-0.3, -0.25) is 0 Å². The largest absolute Gasteiger partial charge is 0.383 e. The molecule has 2 rings (SSSR count). The van der Waals surface area contributed by atoms with Crippen LogP contribution in [0.2, 0.25) is 0 Å². The van der Waals surface area contributed by atoms with Crippen LogP contribution in [0.25, 0.3) is 0 Å². The molecule has 0 saturated carbocycles. The minimum Gasteiger partial charge on any atom is -0.383 e. The third kappa shape index (κ3) is 3.36. The summed E-state index contributed by atoms with van der Waals surface area (Å²) in [7, 11) is 1.68. The van der Waals surface area contributed by atoms with Crippen LogP contribution < -0.4 is 5.32 Å². The Labute approximate surface area is 98.8 Å². The van der Waals surface area contributed by atoms with Gasteiger partial charge in [-0.2, -0.15) is 4.98 Å². The second kappa shape index (κ2) is 6.12. The lowest BCUT2D eigenvalue weighted by molar-refractivity contribution is 0.199. The van der Waals surface area contributed by atoms with Crippen molar-refractivity contribution in [1.29, 1.82) is 0 Å². The van der Waals surface area contributed by atoms with Crippen LogP contribution in [-0.2, 0) is 17.8 Å². The van der Waals surface area contributed by atoms with Gasteiger partial charge in [0.1, 0.15) is 5.82 Å². The molecule has 0 aliphatic carbocycles. The Bertz CT molecular complexity index is 426. The molecular formula is C10H15N5O2. The highest BCUT2D eigenvalue weighted by atomic mass is 16.5. The number of hydrogen-bond donors (Lipinski definition) is 1. The fourth-order valence-electron chi connectivity index (χ4n) is 1.44. The Hall–Kier alpha value is -1.73. The molecule has 2 heterocycles. The zero-order valence-electron chi connectivity index (χ0n) is 9.67. The molecule has 2 aromatic rings. The summed E-state index contributed by atoms with van der Waals surface area (Å²) in [6.07, 6.45) is 4.97. The van der Waals surface area contributed by atoms with Crippen LogP contribution in [0.4, 0.5) is 0 Å². The summed E-state index contributed by atoms with van der Waals surface area (Å²) >= 11 is 0. The quantitative estimate of drug-likeness (QED) is 0.686. The lowest BCUT2D eigenvalue weighted by atomic mass is 10.5. The van der Waals surface area contributed by atoms with Crippen LogP contribution in [0.1, 0.15) is 11.6 Å². The monoisotopic (exact) mass is 237 g/mol. The molecule has 0 aliphatic rings. The predicted molar refractivity (Wildman–Crippen MR) is 59.2 cm³/mol. The Morgan fingerprint density at radius 2 is 2.41 bits per heavy atom. The minimum absolute atomic E-state index is 0.567. The first-order valence-corrected chi connectivity index (χ1v) is 5.35. The number of hydrogen-bond acceptors (Lipinski definition) is 6. The van der Waals surface area contributed by atoms with Crippen molar-refractivity contribution in [3.05, 3.63) is 30.4 Å². The number of methoxy groups -OCH3 is 1. The fraction of sp³-hybridized carbons (Fsp3) is 0.500. The summed E-state index contributed by atoms with van der Waals surface area (Å²) in [6.45, 7) is 2.74. The molecule has 0 fully saturated rings. The normalized spacial score (nSPS) is 10.9. The molecule has 0 amide bonds. The van der Waals surface area contributed by atoms with E-state index in [-0.39, 0.29) is 0 Å². The van der Waals surface area contributed by atoms with Crippen LogP contribution >= 0.6 is 0 Å². The summed E-state index contributed by atoms with van der Waals surface area (Å²) in [5, 5.41) is 7.00. The lowest BCUT2D eigenvalue weighted by Crippen LogP contribution is -2.21. The maximum Gasteiger partial charge on any atom is 0.213 e. The van der Waals surface area contributed by atoms with Gasteiger partial charge in [-0.05, 0) is 0 Å². The molecule has 0 aliphatic heterocycles. The molecule has 2 aromatic heterocycles. The Kier molecular flexibility index (Phi) is 4.23. The van der Waals surface area contributed by atoms with Crippen molar-refractivity contribution < 1.29 is 9.26 Å². The smallest absolute Gasteiger partial charge is 0.213 e. The van der Waals surface area contributed by atoms with E-state index in [9.17, 15) is 0 Å². The molecule has 92 valence electrons. The van der Waals surface area contributed by atoms with E-state index >= 15 is 0 Å². The first-order chi connectivity index (χ1) is 8.40. The highest BCUT2D eigenvalue weighted by molar-refractivity contribution is 4.95. The van der Waals surface area contributed by atoms with Gasteiger partial charge in [0.25, 0.3) is 0 Å². The minimum atomic E-state index is 0.567. The van der Waals surface area contributed by atoms with Gasteiger partial charge >= 0.3 is 0 Å². The summed E-state index contributed by atoms with van der Waals surface area (Å²) < 4.78 is 11.6. The van der Waals surface area contributed by atoms with Crippen LogP contribution in [0.15, 0.2) is 23.3 Å². The SMILES string of the molecule is COCCNCc1nccn1Cc1ncon1. The van der Waals surface area contributed by atoms with E-state index < -0.39 is 0 Å². The maximum absolute atomic E-state index is 4.95. The van der Waals surface area contributed by atoms with E-state index in [0.717, 1.165) is 12.4 Å². The molecule has 0 radical (unpaired) electrons. The molecule has 7 heteroatoms. The molecule has 0 unspecified atom stereocenters. The number of rotatable bonds is 7. The van der Waals surface area contributed by atoms with Gasteiger partial charge in [-0.1, -0.05) is 5.16 Å². The molecule has 0 bridgehead atoms. The summed E-state index contributed by atoms with van der Waals surface area (Å²) in [4.78, 5) is 8.24. The van der Waals surface area contributed by atoms with Crippen molar-refractivity contribution in [2.75, 3.05) is 20.3 Å². The van der Waals surface area contributed by atoms with Crippen molar-refractivity contribution in [2.45, 2.75) is 13.1 Å². The van der Waals surface area contributed by atoms with Gasteiger partial charge < -0.3 is 19.1 Å². The van der Waals surface area contributed by atoms with Crippen LogP contribution in [0, 0.1) is 0 Å². The molecule has 17 heavy (non-hydrogen) atoms. The van der Waals surface area contributed by atoms with Gasteiger partial charge in [0.2, 0.25) is 6.39 Å². The van der Waals surface area contributed by atoms with Gasteiger partial charge in [0, 0.05) is 26.0 Å². The van der Waals surface area contributed by atoms with E-state index in [1.165, 1.54) is 6.39 Å². The highest BCUT2D eigenvalue weighted by Crippen LogP contribution is 2.01. The number of aromatic nitrogens is 4. The molecule has 1 N–H and O–H groups in total. The molecule has 0 atom stereocenters. The number of imidazole rings is 1. The van der Waals surface area contributed by atoms with E-state index in [4.69, 9.17) is 4.74 Å². The first kappa shape index (κ1) is 11.7. The molecule has 0 saturated heterocycles. The molecule has 0 aromatic carbocycles. The zero-order valence-corrected chi connectivity index (χ0v) is 9.67. The Morgan fingerprint density at radius 1 is 1.47 bits per heavy atom. The lowest BCUT2D eigenvalue weighted by Gasteiger charge is -2.06. The van der Waals surface area contributed by atoms with Gasteiger partial charge in [0.15, 0.2) is 5.82 Å². The first-order valence-electron chi connectivity index (χ1n) is 5.35. The molecule has 0 spiro atoms. The molecular weight excluding hydrogens is 222 g/mol.